The van der Waals surface area contributed by atoms with Crippen LogP contribution in [-0.2, 0) is 38.1 Å². The van der Waals surface area contributed by atoms with Gasteiger partial charge in [-0.05, 0) is 33.3 Å². The minimum absolute atomic E-state index is 0.0320. The Morgan fingerprint density at radius 3 is 2.55 bits per heavy atom. The normalized spacial score (nSPS) is 36.4. The zero-order valence-corrected chi connectivity index (χ0v) is 18.4. The molecule has 0 aromatic heterocycles. The van der Waals surface area contributed by atoms with Crippen molar-refractivity contribution in [1.82, 2.24) is 0 Å². The number of methoxy groups -OCH3 is 1. The van der Waals surface area contributed by atoms with Crippen LogP contribution in [0.25, 0.3) is 0 Å². The van der Waals surface area contributed by atoms with Gasteiger partial charge in [-0.25, -0.2) is 9.59 Å². The van der Waals surface area contributed by atoms with Crippen LogP contribution in [0.5, 0.6) is 0 Å². The SMILES string of the molecule is C=C(C)C(=O)O[C@@H]1C[C@](C)(O)[C@@]2(OC)CC[C@@](C)(/C=C3/OC(=O)C(COC(C)=O)=C31)O2. The molecule has 0 amide bonds. The highest BCUT2D eigenvalue weighted by Crippen LogP contribution is 2.50. The first-order valence-electron chi connectivity index (χ1n) is 9.99. The minimum Gasteiger partial charge on any atom is -0.461 e. The molecule has 3 rings (SSSR count). The monoisotopic (exact) mass is 436 g/mol. The van der Waals surface area contributed by atoms with Gasteiger partial charge in [0.05, 0.1) is 11.2 Å². The third-order valence-electron chi connectivity index (χ3n) is 5.90. The van der Waals surface area contributed by atoms with E-state index >= 15 is 0 Å². The van der Waals surface area contributed by atoms with E-state index < -0.39 is 41.0 Å². The molecule has 170 valence electrons. The molecule has 0 unspecified atom stereocenters. The number of aliphatic hydroxyl groups is 1. The third-order valence-corrected chi connectivity index (χ3v) is 5.90. The van der Waals surface area contributed by atoms with Gasteiger partial charge in [-0.15, -0.1) is 0 Å². The summed E-state index contributed by atoms with van der Waals surface area (Å²) >= 11 is 0. The molecule has 9 nitrogen and oxygen atoms in total. The number of hydrogen-bond donors (Lipinski definition) is 1. The van der Waals surface area contributed by atoms with Crippen LogP contribution in [0.1, 0.15) is 47.0 Å². The second kappa shape index (κ2) is 7.89. The van der Waals surface area contributed by atoms with Crippen molar-refractivity contribution in [2.45, 2.75) is 70.1 Å². The van der Waals surface area contributed by atoms with Gasteiger partial charge in [0.25, 0.3) is 0 Å². The maximum Gasteiger partial charge on any atom is 0.343 e. The Labute approximate surface area is 180 Å². The fourth-order valence-corrected chi connectivity index (χ4v) is 4.21. The number of rotatable bonds is 5. The first-order valence-corrected chi connectivity index (χ1v) is 9.99. The lowest BCUT2D eigenvalue weighted by atomic mass is 9.82. The maximum atomic E-state index is 12.6. The zero-order valence-electron chi connectivity index (χ0n) is 18.4. The van der Waals surface area contributed by atoms with Crippen molar-refractivity contribution >= 4 is 17.9 Å². The van der Waals surface area contributed by atoms with E-state index in [4.69, 9.17) is 23.7 Å². The Balaban J connectivity index is 2.19. The zero-order chi connectivity index (χ0) is 23.2. The number of carbonyl (C=O) groups excluding carboxylic acids is 3. The smallest absolute Gasteiger partial charge is 0.343 e. The summed E-state index contributed by atoms with van der Waals surface area (Å²) in [6.45, 7) is 9.24. The molecule has 0 aliphatic carbocycles. The number of carbonyl (C=O) groups is 3. The average molecular weight is 436 g/mol. The molecule has 3 aliphatic heterocycles. The first kappa shape index (κ1) is 23.2. The van der Waals surface area contributed by atoms with Gasteiger partial charge < -0.3 is 28.8 Å². The Hall–Kier alpha value is -2.49. The Morgan fingerprint density at radius 2 is 1.97 bits per heavy atom. The molecule has 9 heteroatoms. The average Bonchev–Trinajstić information content (AvgIpc) is 3.16. The van der Waals surface area contributed by atoms with Crippen LogP contribution in [0.15, 0.2) is 35.1 Å². The first-order chi connectivity index (χ1) is 14.3. The van der Waals surface area contributed by atoms with Crippen molar-refractivity contribution in [2.75, 3.05) is 13.7 Å². The molecule has 3 aliphatic rings. The molecule has 1 saturated heterocycles. The van der Waals surface area contributed by atoms with Gasteiger partial charge in [-0.3, -0.25) is 4.79 Å². The third kappa shape index (κ3) is 4.17. The van der Waals surface area contributed by atoms with E-state index in [0.717, 1.165) is 0 Å². The summed E-state index contributed by atoms with van der Waals surface area (Å²) in [4.78, 5) is 36.4. The maximum absolute atomic E-state index is 12.6. The van der Waals surface area contributed by atoms with Crippen LogP contribution < -0.4 is 0 Å². The molecule has 1 N–H and O–H groups in total. The molecular weight excluding hydrogens is 408 g/mol. The van der Waals surface area contributed by atoms with Crippen LogP contribution in [0.4, 0.5) is 0 Å². The number of fused-ring (bicyclic) bond motifs is 3. The summed E-state index contributed by atoms with van der Waals surface area (Å²) in [5.74, 6) is -3.25. The topological polar surface area (TPSA) is 118 Å². The molecule has 0 aromatic carbocycles. The number of hydrogen-bond acceptors (Lipinski definition) is 9. The summed E-state index contributed by atoms with van der Waals surface area (Å²) < 4.78 is 28.0. The van der Waals surface area contributed by atoms with Crippen molar-refractivity contribution in [3.05, 3.63) is 35.1 Å². The quantitative estimate of drug-likeness (QED) is 0.391. The van der Waals surface area contributed by atoms with E-state index in [1.54, 1.807) is 13.0 Å². The molecule has 0 saturated carbocycles. The van der Waals surface area contributed by atoms with Crippen molar-refractivity contribution in [1.29, 1.82) is 0 Å². The van der Waals surface area contributed by atoms with Crippen LogP contribution in [-0.4, -0.2) is 59.8 Å². The van der Waals surface area contributed by atoms with Gasteiger partial charge in [0.1, 0.15) is 24.1 Å². The summed E-state index contributed by atoms with van der Waals surface area (Å²) in [5, 5.41) is 11.4. The van der Waals surface area contributed by atoms with E-state index in [-0.39, 0.29) is 35.5 Å². The van der Waals surface area contributed by atoms with E-state index in [9.17, 15) is 19.5 Å². The van der Waals surface area contributed by atoms with Gasteiger partial charge in [0.15, 0.2) is 5.79 Å². The van der Waals surface area contributed by atoms with Crippen LogP contribution in [0.3, 0.4) is 0 Å². The Morgan fingerprint density at radius 1 is 1.29 bits per heavy atom. The highest BCUT2D eigenvalue weighted by molar-refractivity contribution is 5.96. The summed E-state index contributed by atoms with van der Waals surface area (Å²) in [6, 6.07) is 0. The van der Waals surface area contributed by atoms with Crippen LogP contribution in [0.2, 0.25) is 0 Å². The van der Waals surface area contributed by atoms with E-state index in [1.165, 1.54) is 27.9 Å². The molecule has 3 heterocycles. The second-order valence-electron chi connectivity index (χ2n) is 8.59. The summed E-state index contributed by atoms with van der Waals surface area (Å²) in [7, 11) is 1.44. The molecule has 1 fully saturated rings. The molecule has 0 spiro atoms. The van der Waals surface area contributed by atoms with E-state index in [1.807, 2.05) is 0 Å². The lowest BCUT2D eigenvalue weighted by Gasteiger charge is -2.42. The summed E-state index contributed by atoms with van der Waals surface area (Å²) in [6.07, 6.45) is 1.20. The van der Waals surface area contributed by atoms with Crippen LogP contribution >= 0.6 is 0 Å². The highest BCUT2D eigenvalue weighted by Gasteiger charge is 2.60. The molecule has 4 atom stereocenters. The molecule has 0 radical (unpaired) electrons. The fraction of sp³-hybridized carbons (Fsp3) is 0.591. The van der Waals surface area contributed by atoms with Gasteiger partial charge in [-0.1, -0.05) is 6.58 Å². The highest BCUT2D eigenvalue weighted by atomic mass is 16.7. The predicted octanol–water partition coefficient (Wildman–Crippen LogP) is 1.84. The number of esters is 3. The largest absolute Gasteiger partial charge is 0.461 e. The molecule has 2 bridgehead atoms. The number of ether oxygens (including phenoxy) is 5. The van der Waals surface area contributed by atoms with Gasteiger partial charge in [0, 0.05) is 38.0 Å². The van der Waals surface area contributed by atoms with Gasteiger partial charge in [-0.2, -0.15) is 0 Å². The van der Waals surface area contributed by atoms with Crippen molar-refractivity contribution < 1.29 is 43.2 Å². The van der Waals surface area contributed by atoms with Crippen molar-refractivity contribution in [3.8, 4) is 0 Å². The molecule has 31 heavy (non-hydrogen) atoms. The van der Waals surface area contributed by atoms with E-state index in [0.29, 0.717) is 12.8 Å². The van der Waals surface area contributed by atoms with Crippen molar-refractivity contribution in [3.63, 3.8) is 0 Å². The summed E-state index contributed by atoms with van der Waals surface area (Å²) in [5.41, 5.74) is -2.14. The van der Waals surface area contributed by atoms with Gasteiger partial charge >= 0.3 is 17.9 Å². The van der Waals surface area contributed by atoms with Crippen molar-refractivity contribution in [2.24, 2.45) is 0 Å². The lowest BCUT2D eigenvalue weighted by molar-refractivity contribution is -0.310. The molecule has 0 aromatic rings. The Bertz CT molecular complexity index is 897. The standard InChI is InChI=1S/C22H28O9/c1-12(2)18(24)29-16-10-21(5,26)22(27-6)8-7-20(4,31-22)9-15-17(16)14(19(25)30-15)11-28-13(3)23/h9,16,26H,1,7-8,10-11H2,2-6H3/b15-9+/t16-,20+,21+,22-/m1/s1. The van der Waals surface area contributed by atoms with E-state index in [2.05, 4.69) is 6.58 Å². The Kier molecular flexibility index (Phi) is 5.90. The lowest BCUT2D eigenvalue weighted by Crippen LogP contribution is -2.56. The van der Waals surface area contributed by atoms with Gasteiger partial charge in [0.2, 0.25) is 0 Å². The molecular formula is C22H28O9. The predicted molar refractivity (Wildman–Crippen MR) is 106 cm³/mol. The fourth-order valence-electron chi connectivity index (χ4n) is 4.21. The minimum atomic E-state index is -1.62. The second-order valence-corrected chi connectivity index (χ2v) is 8.59. The van der Waals surface area contributed by atoms with Crippen LogP contribution in [0, 0.1) is 0 Å².